The first-order valence-electron chi connectivity index (χ1n) is 10.6. The van der Waals surface area contributed by atoms with Gasteiger partial charge in [-0.15, -0.1) is 0 Å². The predicted molar refractivity (Wildman–Crippen MR) is 128 cm³/mol. The van der Waals surface area contributed by atoms with Gasteiger partial charge in [0, 0.05) is 0 Å². The van der Waals surface area contributed by atoms with Crippen LogP contribution in [0.1, 0.15) is 24.9 Å². The number of methoxy groups -OCH3 is 2. The predicted octanol–water partition coefficient (Wildman–Crippen LogP) is 4.31. The van der Waals surface area contributed by atoms with Gasteiger partial charge in [-0.25, -0.2) is 12.8 Å². The quantitative estimate of drug-likeness (QED) is 0.462. The molecular formula is C25H27FN2O5S. The summed E-state index contributed by atoms with van der Waals surface area (Å²) in [4.78, 5) is 13.0. The van der Waals surface area contributed by atoms with E-state index < -0.39 is 28.3 Å². The van der Waals surface area contributed by atoms with Crippen molar-refractivity contribution in [3.63, 3.8) is 0 Å². The van der Waals surface area contributed by atoms with Crippen molar-refractivity contribution in [2.75, 3.05) is 25.1 Å². The maximum Gasteiger partial charge on any atom is 0.264 e. The van der Waals surface area contributed by atoms with Crippen molar-refractivity contribution in [2.45, 2.75) is 24.3 Å². The maximum absolute atomic E-state index is 13.5. The molecule has 3 aromatic rings. The highest BCUT2D eigenvalue weighted by Gasteiger charge is 2.28. The molecule has 180 valence electrons. The number of carbonyl (C=O) groups excluding carboxylic acids is 1. The van der Waals surface area contributed by atoms with E-state index >= 15 is 0 Å². The number of benzene rings is 3. The number of anilines is 1. The standard InChI is InChI=1S/C25H27FN2O5S/c1-4-24(18-5-11-21(32-2)12-6-18)27-25(29)17-28(20-9-7-19(26)8-10-20)34(30,31)23-15-13-22(33-3)14-16-23/h5-16,24H,4,17H2,1-3H3,(H,27,29)/t24-/m0/s1. The fraction of sp³-hybridized carbons (Fsp3) is 0.240. The Morgan fingerprint density at radius 2 is 1.44 bits per heavy atom. The zero-order valence-corrected chi connectivity index (χ0v) is 20.0. The fourth-order valence-corrected chi connectivity index (χ4v) is 4.85. The molecule has 0 spiro atoms. The minimum Gasteiger partial charge on any atom is -0.497 e. The summed E-state index contributed by atoms with van der Waals surface area (Å²) in [6.45, 7) is 1.44. The van der Waals surface area contributed by atoms with Gasteiger partial charge in [-0.05, 0) is 72.6 Å². The lowest BCUT2D eigenvalue weighted by Crippen LogP contribution is -2.42. The van der Waals surface area contributed by atoms with Crippen LogP contribution in [-0.4, -0.2) is 35.1 Å². The van der Waals surface area contributed by atoms with Gasteiger partial charge in [-0.3, -0.25) is 9.10 Å². The number of amides is 1. The van der Waals surface area contributed by atoms with Crippen molar-refractivity contribution < 1.29 is 27.1 Å². The number of nitrogens with one attached hydrogen (secondary N) is 1. The van der Waals surface area contributed by atoms with Crippen LogP contribution in [0.4, 0.5) is 10.1 Å². The second kappa shape index (κ2) is 11.0. The maximum atomic E-state index is 13.5. The molecule has 0 saturated heterocycles. The first-order valence-corrected chi connectivity index (χ1v) is 12.1. The van der Waals surface area contributed by atoms with Crippen molar-refractivity contribution in [1.82, 2.24) is 5.32 Å². The van der Waals surface area contributed by atoms with Gasteiger partial charge in [0.25, 0.3) is 10.0 Å². The Labute approximate surface area is 199 Å². The number of sulfonamides is 1. The van der Waals surface area contributed by atoms with Crippen LogP contribution in [0.3, 0.4) is 0 Å². The van der Waals surface area contributed by atoms with Crippen LogP contribution < -0.4 is 19.1 Å². The normalized spacial score (nSPS) is 12.0. The first kappa shape index (κ1) is 25.0. The summed E-state index contributed by atoms with van der Waals surface area (Å²) in [5, 5.41) is 2.89. The van der Waals surface area contributed by atoms with Crippen molar-refractivity contribution in [1.29, 1.82) is 0 Å². The number of ether oxygens (including phenoxy) is 2. The fourth-order valence-electron chi connectivity index (χ4n) is 3.43. The Kier molecular flexibility index (Phi) is 8.12. The van der Waals surface area contributed by atoms with E-state index in [1.54, 1.807) is 19.2 Å². The lowest BCUT2D eigenvalue weighted by atomic mass is 10.0. The van der Waals surface area contributed by atoms with Crippen LogP contribution >= 0.6 is 0 Å². The monoisotopic (exact) mass is 486 g/mol. The molecule has 1 N–H and O–H groups in total. The molecule has 3 aromatic carbocycles. The molecule has 0 fully saturated rings. The van der Waals surface area contributed by atoms with Crippen LogP contribution in [0.25, 0.3) is 0 Å². The molecule has 0 aliphatic heterocycles. The smallest absolute Gasteiger partial charge is 0.264 e. The van der Waals surface area contributed by atoms with E-state index in [1.165, 1.54) is 43.5 Å². The van der Waals surface area contributed by atoms with Gasteiger partial charge < -0.3 is 14.8 Å². The van der Waals surface area contributed by atoms with Gasteiger partial charge in [-0.2, -0.15) is 0 Å². The molecule has 0 aliphatic rings. The molecule has 0 aliphatic carbocycles. The molecule has 0 aromatic heterocycles. The molecule has 7 nitrogen and oxygen atoms in total. The zero-order valence-electron chi connectivity index (χ0n) is 19.2. The summed E-state index contributed by atoms with van der Waals surface area (Å²) < 4.78 is 51.6. The first-order chi connectivity index (χ1) is 16.3. The third kappa shape index (κ3) is 5.85. The van der Waals surface area contributed by atoms with Gasteiger partial charge in [0.1, 0.15) is 23.9 Å². The topological polar surface area (TPSA) is 84.9 Å². The van der Waals surface area contributed by atoms with E-state index in [4.69, 9.17) is 9.47 Å². The van der Waals surface area contributed by atoms with Gasteiger partial charge >= 0.3 is 0 Å². The molecule has 34 heavy (non-hydrogen) atoms. The van der Waals surface area contributed by atoms with E-state index in [0.717, 1.165) is 22.0 Å². The summed E-state index contributed by atoms with van der Waals surface area (Å²) in [5.74, 6) is 0.179. The van der Waals surface area contributed by atoms with E-state index in [1.807, 2.05) is 19.1 Å². The minimum atomic E-state index is -4.13. The van der Waals surface area contributed by atoms with Crippen molar-refractivity contribution in [3.8, 4) is 11.5 Å². The second-order valence-electron chi connectivity index (χ2n) is 7.47. The molecule has 0 unspecified atom stereocenters. The Balaban J connectivity index is 1.88. The number of carbonyl (C=O) groups is 1. The molecule has 3 rings (SSSR count). The minimum absolute atomic E-state index is 0.0207. The van der Waals surface area contributed by atoms with E-state index in [9.17, 15) is 17.6 Å². The van der Waals surface area contributed by atoms with E-state index in [-0.39, 0.29) is 16.6 Å². The highest BCUT2D eigenvalue weighted by molar-refractivity contribution is 7.92. The van der Waals surface area contributed by atoms with E-state index in [0.29, 0.717) is 17.9 Å². The van der Waals surface area contributed by atoms with Crippen molar-refractivity contribution >= 4 is 21.6 Å². The van der Waals surface area contributed by atoms with Crippen LogP contribution in [0, 0.1) is 5.82 Å². The van der Waals surface area contributed by atoms with Crippen molar-refractivity contribution in [2.24, 2.45) is 0 Å². The number of hydrogen-bond acceptors (Lipinski definition) is 5. The molecule has 9 heteroatoms. The summed E-state index contributed by atoms with van der Waals surface area (Å²) in [7, 11) is -1.08. The van der Waals surface area contributed by atoms with Crippen molar-refractivity contribution in [3.05, 3.63) is 84.2 Å². The average Bonchev–Trinajstić information content (AvgIpc) is 2.86. The molecule has 0 saturated carbocycles. The lowest BCUT2D eigenvalue weighted by Gasteiger charge is -2.26. The summed E-state index contributed by atoms with van der Waals surface area (Å²) in [6.07, 6.45) is 0.597. The highest BCUT2D eigenvalue weighted by Crippen LogP contribution is 2.26. The molecule has 0 heterocycles. The Hall–Kier alpha value is -3.59. The molecule has 0 radical (unpaired) electrons. The van der Waals surface area contributed by atoms with Gasteiger partial charge in [0.05, 0.1) is 30.8 Å². The molecular weight excluding hydrogens is 459 g/mol. The largest absolute Gasteiger partial charge is 0.497 e. The molecule has 0 bridgehead atoms. The number of halogens is 1. The molecule has 1 atom stereocenters. The Bertz CT molecular complexity index is 1200. The van der Waals surface area contributed by atoms with Crippen LogP contribution in [0.5, 0.6) is 11.5 Å². The number of nitrogens with zero attached hydrogens (tertiary/aromatic N) is 1. The van der Waals surface area contributed by atoms with Gasteiger partial charge in [0.2, 0.25) is 5.91 Å². The van der Waals surface area contributed by atoms with Gasteiger partial charge in [0.15, 0.2) is 0 Å². The summed E-state index contributed by atoms with van der Waals surface area (Å²) in [6, 6.07) is 17.7. The zero-order chi connectivity index (χ0) is 24.7. The van der Waals surface area contributed by atoms with Crippen LogP contribution in [0.15, 0.2) is 77.7 Å². The van der Waals surface area contributed by atoms with E-state index in [2.05, 4.69) is 5.32 Å². The Morgan fingerprint density at radius 3 is 1.94 bits per heavy atom. The van der Waals surface area contributed by atoms with Crippen LogP contribution in [0.2, 0.25) is 0 Å². The average molecular weight is 487 g/mol. The lowest BCUT2D eigenvalue weighted by molar-refractivity contribution is -0.120. The Morgan fingerprint density at radius 1 is 0.912 bits per heavy atom. The number of rotatable bonds is 10. The third-order valence-electron chi connectivity index (χ3n) is 5.31. The highest BCUT2D eigenvalue weighted by atomic mass is 32.2. The van der Waals surface area contributed by atoms with Crippen LogP contribution in [-0.2, 0) is 14.8 Å². The summed E-state index contributed by atoms with van der Waals surface area (Å²) in [5.41, 5.74) is 1.04. The third-order valence-corrected chi connectivity index (χ3v) is 7.10. The SMILES string of the molecule is CC[C@H](NC(=O)CN(c1ccc(F)cc1)S(=O)(=O)c1ccc(OC)cc1)c1ccc(OC)cc1. The second-order valence-corrected chi connectivity index (χ2v) is 9.33. The number of hydrogen-bond donors (Lipinski definition) is 1. The summed E-state index contributed by atoms with van der Waals surface area (Å²) >= 11 is 0. The van der Waals surface area contributed by atoms with Gasteiger partial charge in [-0.1, -0.05) is 19.1 Å². The molecule has 1 amide bonds.